The summed E-state index contributed by atoms with van der Waals surface area (Å²) >= 11 is 0. The molecular formula is C17H34O2. The highest BCUT2D eigenvalue weighted by atomic mass is 16.4. The van der Waals surface area contributed by atoms with Gasteiger partial charge in [-0.1, -0.05) is 78.6 Å². The van der Waals surface area contributed by atoms with Crippen LogP contribution in [0.25, 0.3) is 0 Å². The Bertz CT molecular complexity index is 197. The zero-order valence-electron chi connectivity index (χ0n) is 13.3. The SMILES string of the molecule is CCCCCC(CCCCC)(CCCCC)C(=O)O. The lowest BCUT2D eigenvalue weighted by Gasteiger charge is -2.30. The van der Waals surface area contributed by atoms with Gasteiger partial charge >= 0.3 is 5.97 Å². The van der Waals surface area contributed by atoms with E-state index in [4.69, 9.17) is 0 Å². The van der Waals surface area contributed by atoms with E-state index in [1.165, 1.54) is 19.3 Å². The van der Waals surface area contributed by atoms with Gasteiger partial charge in [0.25, 0.3) is 0 Å². The molecule has 0 spiro atoms. The summed E-state index contributed by atoms with van der Waals surface area (Å²) in [4.78, 5) is 11.8. The maximum atomic E-state index is 11.8. The largest absolute Gasteiger partial charge is 0.481 e. The predicted molar refractivity (Wildman–Crippen MR) is 82.5 cm³/mol. The van der Waals surface area contributed by atoms with E-state index in [9.17, 15) is 9.90 Å². The highest BCUT2D eigenvalue weighted by Crippen LogP contribution is 2.37. The van der Waals surface area contributed by atoms with Crippen LogP contribution in [0.3, 0.4) is 0 Å². The number of rotatable bonds is 13. The Kier molecular flexibility index (Phi) is 11.0. The minimum Gasteiger partial charge on any atom is -0.481 e. The summed E-state index contributed by atoms with van der Waals surface area (Å²) in [5.74, 6) is -0.546. The van der Waals surface area contributed by atoms with Crippen molar-refractivity contribution in [2.45, 2.75) is 97.8 Å². The fraction of sp³-hybridized carbons (Fsp3) is 0.941. The van der Waals surface area contributed by atoms with Crippen molar-refractivity contribution < 1.29 is 9.90 Å². The van der Waals surface area contributed by atoms with E-state index in [1.807, 2.05) is 0 Å². The molecule has 2 heteroatoms. The van der Waals surface area contributed by atoms with Gasteiger partial charge in [0, 0.05) is 0 Å². The van der Waals surface area contributed by atoms with Crippen LogP contribution in [-0.2, 0) is 4.79 Å². The highest BCUT2D eigenvalue weighted by Gasteiger charge is 2.36. The van der Waals surface area contributed by atoms with Gasteiger partial charge in [0.15, 0.2) is 0 Å². The molecular weight excluding hydrogens is 236 g/mol. The van der Waals surface area contributed by atoms with Crippen molar-refractivity contribution in [1.82, 2.24) is 0 Å². The second-order valence-electron chi connectivity index (χ2n) is 5.96. The van der Waals surface area contributed by atoms with Gasteiger partial charge in [-0.15, -0.1) is 0 Å². The van der Waals surface area contributed by atoms with Crippen LogP contribution in [0.4, 0.5) is 0 Å². The standard InChI is InChI=1S/C17H34O2/c1-4-7-10-13-17(16(18)19,14-11-8-5-2)15-12-9-6-3/h4-15H2,1-3H3,(H,18,19). The molecule has 0 radical (unpaired) electrons. The Morgan fingerprint density at radius 3 is 1.26 bits per heavy atom. The molecule has 0 aromatic rings. The van der Waals surface area contributed by atoms with Crippen LogP contribution >= 0.6 is 0 Å². The van der Waals surface area contributed by atoms with E-state index < -0.39 is 11.4 Å². The van der Waals surface area contributed by atoms with Crippen molar-refractivity contribution in [3.05, 3.63) is 0 Å². The first kappa shape index (κ1) is 18.5. The van der Waals surface area contributed by atoms with Gasteiger partial charge in [0.1, 0.15) is 0 Å². The van der Waals surface area contributed by atoms with Crippen LogP contribution in [0.15, 0.2) is 0 Å². The van der Waals surface area contributed by atoms with E-state index in [2.05, 4.69) is 20.8 Å². The molecule has 0 aliphatic carbocycles. The molecule has 0 unspecified atom stereocenters. The molecule has 0 atom stereocenters. The number of hydrogen-bond donors (Lipinski definition) is 1. The number of hydrogen-bond acceptors (Lipinski definition) is 1. The van der Waals surface area contributed by atoms with Crippen molar-refractivity contribution in [1.29, 1.82) is 0 Å². The molecule has 2 nitrogen and oxygen atoms in total. The summed E-state index contributed by atoms with van der Waals surface area (Å²) in [5, 5.41) is 9.72. The summed E-state index contributed by atoms with van der Waals surface area (Å²) in [5.41, 5.74) is -0.431. The molecule has 1 N–H and O–H groups in total. The van der Waals surface area contributed by atoms with Gasteiger partial charge in [0.05, 0.1) is 5.41 Å². The van der Waals surface area contributed by atoms with Gasteiger partial charge in [-0.3, -0.25) is 4.79 Å². The lowest BCUT2D eigenvalue weighted by molar-refractivity contribution is -0.150. The molecule has 0 saturated heterocycles. The van der Waals surface area contributed by atoms with Crippen LogP contribution in [0.1, 0.15) is 97.8 Å². The van der Waals surface area contributed by atoms with Crippen molar-refractivity contribution in [2.75, 3.05) is 0 Å². The van der Waals surface area contributed by atoms with Crippen molar-refractivity contribution >= 4 is 5.97 Å². The third kappa shape index (κ3) is 7.59. The van der Waals surface area contributed by atoms with Crippen LogP contribution in [0, 0.1) is 5.41 Å². The number of carboxylic acids is 1. The minimum atomic E-state index is -0.546. The molecule has 0 amide bonds. The Hall–Kier alpha value is -0.530. The molecule has 19 heavy (non-hydrogen) atoms. The first-order valence-corrected chi connectivity index (χ1v) is 8.36. The summed E-state index contributed by atoms with van der Waals surface area (Å²) in [7, 11) is 0. The van der Waals surface area contributed by atoms with Gasteiger partial charge in [-0.25, -0.2) is 0 Å². The second-order valence-corrected chi connectivity index (χ2v) is 5.96. The van der Waals surface area contributed by atoms with Crippen molar-refractivity contribution in [3.63, 3.8) is 0 Å². The number of carboxylic acid groups (broad SMARTS) is 1. The molecule has 0 aliphatic heterocycles. The maximum absolute atomic E-state index is 11.8. The topological polar surface area (TPSA) is 37.3 Å². The Morgan fingerprint density at radius 2 is 1.05 bits per heavy atom. The monoisotopic (exact) mass is 270 g/mol. The van der Waals surface area contributed by atoms with E-state index in [0.717, 1.165) is 57.8 Å². The fourth-order valence-electron chi connectivity index (χ4n) is 2.84. The zero-order valence-corrected chi connectivity index (χ0v) is 13.3. The summed E-state index contributed by atoms with van der Waals surface area (Å²) in [6.07, 6.45) is 12.8. The van der Waals surface area contributed by atoms with E-state index in [0.29, 0.717) is 0 Å². The second kappa shape index (κ2) is 11.3. The van der Waals surface area contributed by atoms with Crippen LogP contribution in [0.2, 0.25) is 0 Å². The summed E-state index contributed by atoms with van der Waals surface area (Å²) in [6.45, 7) is 6.53. The number of aliphatic carboxylic acids is 1. The first-order valence-electron chi connectivity index (χ1n) is 8.36. The molecule has 0 aromatic carbocycles. The van der Waals surface area contributed by atoms with Crippen LogP contribution in [0.5, 0.6) is 0 Å². The quantitative estimate of drug-likeness (QED) is 0.429. The molecule has 0 aromatic heterocycles. The van der Waals surface area contributed by atoms with E-state index in [1.54, 1.807) is 0 Å². The molecule has 114 valence electrons. The third-order valence-corrected chi connectivity index (χ3v) is 4.23. The average Bonchev–Trinajstić information content (AvgIpc) is 2.38. The Balaban J connectivity index is 4.53. The fourth-order valence-corrected chi connectivity index (χ4v) is 2.84. The number of unbranched alkanes of at least 4 members (excludes halogenated alkanes) is 6. The van der Waals surface area contributed by atoms with Gasteiger partial charge < -0.3 is 5.11 Å². The van der Waals surface area contributed by atoms with E-state index in [-0.39, 0.29) is 0 Å². The van der Waals surface area contributed by atoms with Crippen LogP contribution in [-0.4, -0.2) is 11.1 Å². The molecule has 0 bridgehead atoms. The normalized spacial score (nSPS) is 11.7. The molecule has 0 rings (SSSR count). The minimum absolute atomic E-state index is 0.431. The van der Waals surface area contributed by atoms with Crippen molar-refractivity contribution in [2.24, 2.45) is 5.41 Å². The Labute approximate surface area is 120 Å². The molecule has 0 fully saturated rings. The first-order chi connectivity index (χ1) is 9.13. The lowest BCUT2D eigenvalue weighted by Crippen LogP contribution is -2.31. The maximum Gasteiger partial charge on any atom is 0.309 e. The van der Waals surface area contributed by atoms with Crippen molar-refractivity contribution in [3.8, 4) is 0 Å². The number of carbonyl (C=O) groups is 1. The zero-order chi connectivity index (χ0) is 14.6. The van der Waals surface area contributed by atoms with E-state index >= 15 is 0 Å². The summed E-state index contributed by atoms with van der Waals surface area (Å²) < 4.78 is 0. The molecule has 0 saturated carbocycles. The smallest absolute Gasteiger partial charge is 0.309 e. The van der Waals surface area contributed by atoms with Crippen LogP contribution < -0.4 is 0 Å². The Morgan fingerprint density at radius 1 is 0.737 bits per heavy atom. The lowest BCUT2D eigenvalue weighted by atomic mass is 9.74. The third-order valence-electron chi connectivity index (χ3n) is 4.23. The van der Waals surface area contributed by atoms with Gasteiger partial charge in [-0.05, 0) is 19.3 Å². The molecule has 0 aliphatic rings. The molecule has 0 heterocycles. The summed E-state index contributed by atoms with van der Waals surface area (Å²) in [6, 6.07) is 0. The van der Waals surface area contributed by atoms with Gasteiger partial charge in [0.2, 0.25) is 0 Å². The predicted octanol–water partition coefficient (Wildman–Crippen LogP) is 5.80. The van der Waals surface area contributed by atoms with Gasteiger partial charge in [-0.2, -0.15) is 0 Å². The highest BCUT2D eigenvalue weighted by molar-refractivity contribution is 5.74. The average molecular weight is 270 g/mol.